The molecule has 4 heteroatoms. The molecular weight excluding hydrogens is 242 g/mol. The van der Waals surface area contributed by atoms with Crippen LogP contribution in [0.2, 0.25) is 0 Å². The predicted octanol–water partition coefficient (Wildman–Crippen LogP) is 3.24. The van der Waals surface area contributed by atoms with Gasteiger partial charge in [0.05, 0.1) is 10.9 Å². The van der Waals surface area contributed by atoms with Gasteiger partial charge in [-0.1, -0.05) is 20.3 Å². The van der Waals surface area contributed by atoms with Gasteiger partial charge in [0, 0.05) is 18.3 Å². The fourth-order valence-corrected chi connectivity index (χ4v) is 3.39. The van der Waals surface area contributed by atoms with E-state index in [4.69, 9.17) is 4.98 Å². The smallest absolute Gasteiger partial charge is 0.141 e. The summed E-state index contributed by atoms with van der Waals surface area (Å²) in [6.07, 6.45) is 3.88. The Bertz CT molecular complexity index is 387. The number of aryl methyl sites for hydroxylation is 1. The Labute approximate surface area is 114 Å². The zero-order valence-corrected chi connectivity index (χ0v) is 12.4. The predicted molar refractivity (Wildman–Crippen MR) is 77.8 cm³/mol. The first-order chi connectivity index (χ1) is 8.65. The molecule has 0 spiro atoms. The van der Waals surface area contributed by atoms with E-state index in [-0.39, 0.29) is 0 Å². The number of hydrogen-bond donors (Lipinski definition) is 1. The van der Waals surface area contributed by atoms with Crippen LogP contribution in [0.15, 0.2) is 6.07 Å². The number of nitrogens with zero attached hydrogens (tertiary/aromatic N) is 2. The molecule has 1 N–H and O–H groups in total. The van der Waals surface area contributed by atoms with E-state index in [9.17, 15) is 0 Å². The van der Waals surface area contributed by atoms with Gasteiger partial charge >= 0.3 is 0 Å². The fraction of sp³-hybridized carbons (Fsp3) is 0.714. The van der Waals surface area contributed by atoms with Crippen molar-refractivity contribution in [2.45, 2.75) is 57.9 Å². The molecule has 0 radical (unpaired) electrons. The maximum atomic E-state index is 4.73. The van der Waals surface area contributed by atoms with E-state index in [1.807, 2.05) is 11.8 Å². The quantitative estimate of drug-likeness (QED) is 0.907. The van der Waals surface area contributed by atoms with E-state index < -0.39 is 0 Å². The number of hydrogen-bond acceptors (Lipinski definition) is 4. The lowest BCUT2D eigenvalue weighted by atomic mass is 10.1. The topological polar surface area (TPSA) is 37.8 Å². The Hall–Kier alpha value is -0.610. The van der Waals surface area contributed by atoms with E-state index in [0.29, 0.717) is 11.3 Å². The van der Waals surface area contributed by atoms with Gasteiger partial charge in [-0.15, -0.1) is 0 Å². The molecule has 1 aliphatic rings. The monoisotopic (exact) mass is 265 g/mol. The van der Waals surface area contributed by atoms with Gasteiger partial charge in [-0.2, -0.15) is 11.8 Å². The summed E-state index contributed by atoms with van der Waals surface area (Å²) in [7, 11) is 0. The molecule has 1 aromatic heterocycles. The maximum absolute atomic E-state index is 4.73. The van der Waals surface area contributed by atoms with Crippen LogP contribution in [-0.2, 0) is 6.54 Å². The Morgan fingerprint density at radius 3 is 2.89 bits per heavy atom. The zero-order chi connectivity index (χ0) is 13.0. The molecular formula is C14H23N3S. The first-order valence-corrected chi connectivity index (χ1v) is 7.89. The minimum absolute atomic E-state index is 0.493. The SMILES string of the molecule is Cc1cc(CNC(C)C)nc(C2CCCCS2)n1. The van der Waals surface area contributed by atoms with Crippen molar-refractivity contribution in [3.63, 3.8) is 0 Å². The second-order valence-electron chi connectivity index (χ2n) is 5.25. The minimum Gasteiger partial charge on any atom is -0.309 e. The number of aromatic nitrogens is 2. The molecule has 1 unspecified atom stereocenters. The summed E-state index contributed by atoms with van der Waals surface area (Å²) in [5.41, 5.74) is 2.21. The fourth-order valence-electron chi connectivity index (χ4n) is 2.15. The van der Waals surface area contributed by atoms with Crippen LogP contribution in [0.25, 0.3) is 0 Å². The van der Waals surface area contributed by atoms with Crippen LogP contribution in [-0.4, -0.2) is 21.8 Å². The second-order valence-corrected chi connectivity index (χ2v) is 6.56. The number of nitrogens with one attached hydrogen (secondary N) is 1. The molecule has 2 rings (SSSR count). The van der Waals surface area contributed by atoms with Crippen molar-refractivity contribution in [3.05, 3.63) is 23.3 Å². The van der Waals surface area contributed by atoms with E-state index in [1.165, 1.54) is 25.0 Å². The molecule has 1 atom stereocenters. The van der Waals surface area contributed by atoms with Crippen LogP contribution in [0.4, 0.5) is 0 Å². The Kier molecular flexibility index (Phi) is 5.01. The molecule has 0 aliphatic carbocycles. The summed E-state index contributed by atoms with van der Waals surface area (Å²) in [6.45, 7) is 7.22. The van der Waals surface area contributed by atoms with Gasteiger partial charge in [-0.25, -0.2) is 9.97 Å². The Morgan fingerprint density at radius 1 is 1.39 bits per heavy atom. The van der Waals surface area contributed by atoms with Crippen LogP contribution in [0.3, 0.4) is 0 Å². The molecule has 0 amide bonds. The van der Waals surface area contributed by atoms with Gasteiger partial charge in [-0.3, -0.25) is 0 Å². The average molecular weight is 265 g/mol. The van der Waals surface area contributed by atoms with Gasteiger partial charge in [0.1, 0.15) is 5.82 Å². The summed E-state index contributed by atoms with van der Waals surface area (Å²) in [6, 6.07) is 2.58. The molecule has 1 fully saturated rings. The highest BCUT2D eigenvalue weighted by Crippen LogP contribution is 2.36. The van der Waals surface area contributed by atoms with Gasteiger partial charge in [0.15, 0.2) is 0 Å². The Balaban J connectivity index is 2.09. The summed E-state index contributed by atoms with van der Waals surface area (Å²) in [5.74, 6) is 2.29. The zero-order valence-electron chi connectivity index (χ0n) is 11.6. The van der Waals surface area contributed by atoms with E-state index in [0.717, 1.165) is 23.8 Å². The highest BCUT2D eigenvalue weighted by molar-refractivity contribution is 7.99. The highest BCUT2D eigenvalue weighted by Gasteiger charge is 2.19. The van der Waals surface area contributed by atoms with Crippen LogP contribution < -0.4 is 5.32 Å². The van der Waals surface area contributed by atoms with Crippen LogP contribution >= 0.6 is 11.8 Å². The molecule has 100 valence electrons. The lowest BCUT2D eigenvalue weighted by Crippen LogP contribution is -2.23. The third-order valence-corrected chi connectivity index (χ3v) is 4.46. The van der Waals surface area contributed by atoms with Crippen molar-refractivity contribution in [2.75, 3.05) is 5.75 Å². The first-order valence-electron chi connectivity index (χ1n) is 6.84. The van der Waals surface area contributed by atoms with Crippen molar-refractivity contribution in [1.82, 2.24) is 15.3 Å². The van der Waals surface area contributed by atoms with Crippen molar-refractivity contribution in [3.8, 4) is 0 Å². The number of rotatable bonds is 4. The van der Waals surface area contributed by atoms with Crippen molar-refractivity contribution in [1.29, 1.82) is 0 Å². The van der Waals surface area contributed by atoms with Crippen molar-refractivity contribution < 1.29 is 0 Å². The van der Waals surface area contributed by atoms with E-state index >= 15 is 0 Å². The minimum atomic E-state index is 0.493. The second kappa shape index (κ2) is 6.53. The van der Waals surface area contributed by atoms with Gasteiger partial charge in [-0.05, 0) is 31.6 Å². The molecule has 0 aromatic carbocycles. The molecule has 0 bridgehead atoms. The molecule has 1 saturated heterocycles. The van der Waals surface area contributed by atoms with Gasteiger partial charge in [0.25, 0.3) is 0 Å². The largest absolute Gasteiger partial charge is 0.309 e. The number of thioether (sulfide) groups is 1. The summed E-state index contributed by atoms with van der Waals surface area (Å²) in [4.78, 5) is 9.36. The maximum Gasteiger partial charge on any atom is 0.141 e. The normalized spacial score (nSPS) is 20.3. The third-order valence-electron chi connectivity index (χ3n) is 3.08. The summed E-state index contributed by atoms with van der Waals surface area (Å²) in [5, 5.41) is 3.93. The van der Waals surface area contributed by atoms with Crippen molar-refractivity contribution in [2.24, 2.45) is 0 Å². The first kappa shape index (κ1) is 13.8. The standard InChI is InChI=1S/C14H23N3S/c1-10(2)15-9-12-8-11(3)16-14(17-12)13-6-4-5-7-18-13/h8,10,13,15H,4-7,9H2,1-3H3. The summed E-state index contributed by atoms with van der Waals surface area (Å²) < 4.78 is 0. The van der Waals surface area contributed by atoms with E-state index in [2.05, 4.69) is 37.1 Å². The molecule has 2 heterocycles. The molecule has 0 saturated carbocycles. The molecule has 1 aliphatic heterocycles. The molecule has 18 heavy (non-hydrogen) atoms. The molecule has 1 aromatic rings. The lowest BCUT2D eigenvalue weighted by Gasteiger charge is -2.20. The molecule has 3 nitrogen and oxygen atoms in total. The van der Waals surface area contributed by atoms with Crippen LogP contribution in [0.5, 0.6) is 0 Å². The van der Waals surface area contributed by atoms with Gasteiger partial charge in [0.2, 0.25) is 0 Å². The summed E-state index contributed by atoms with van der Waals surface area (Å²) >= 11 is 2.01. The van der Waals surface area contributed by atoms with E-state index in [1.54, 1.807) is 0 Å². The van der Waals surface area contributed by atoms with Crippen LogP contribution in [0, 0.1) is 6.92 Å². The van der Waals surface area contributed by atoms with Crippen LogP contribution in [0.1, 0.15) is 55.6 Å². The Morgan fingerprint density at radius 2 is 2.22 bits per heavy atom. The highest BCUT2D eigenvalue weighted by atomic mass is 32.2. The van der Waals surface area contributed by atoms with Crippen molar-refractivity contribution >= 4 is 11.8 Å². The third kappa shape index (κ3) is 3.95. The average Bonchev–Trinajstić information content (AvgIpc) is 2.37. The lowest BCUT2D eigenvalue weighted by molar-refractivity contribution is 0.575. The van der Waals surface area contributed by atoms with Gasteiger partial charge < -0.3 is 5.32 Å².